The minimum Gasteiger partial charge on any atom is -0.494 e. The van der Waals surface area contributed by atoms with Gasteiger partial charge in [-0.05, 0) is 56.9 Å². The van der Waals surface area contributed by atoms with Crippen LogP contribution in [0.25, 0.3) is 0 Å². The molecule has 0 radical (unpaired) electrons. The van der Waals surface area contributed by atoms with E-state index in [0.29, 0.717) is 11.6 Å². The summed E-state index contributed by atoms with van der Waals surface area (Å²) in [6.45, 7) is 2.12. The van der Waals surface area contributed by atoms with Crippen molar-refractivity contribution in [2.75, 3.05) is 56.4 Å². The minimum absolute atomic E-state index is 0.133. The standard InChI is InChI=1S/C21H27FN8O3S/c1-29-8-6-13(7-9-29)30(2)20-27-18(23-11-16-17(31)25-21(32)34-16)26-19(28-20)24-12-4-5-15(33-3)14(22)10-12/h4-5,10,13,16H,6-9,11H2,1-3H3,(H,25,31,32)(H2,23,24,26,27,28). The van der Waals surface area contributed by atoms with E-state index in [4.69, 9.17) is 4.74 Å². The second kappa shape index (κ2) is 10.4. The zero-order chi connectivity index (χ0) is 24.2. The van der Waals surface area contributed by atoms with Gasteiger partial charge in [-0.15, -0.1) is 0 Å². The number of likely N-dealkylation sites (tertiary alicyclic amines) is 1. The first-order valence-electron chi connectivity index (χ1n) is 10.9. The SMILES string of the molecule is COc1ccc(Nc2nc(NCC3SC(=O)NC3=O)nc(N(C)C3CCN(C)CC3)n2)cc1F. The second-order valence-electron chi connectivity index (χ2n) is 8.17. The Balaban J connectivity index is 1.56. The Morgan fingerprint density at radius 1 is 1.24 bits per heavy atom. The molecule has 2 aliphatic heterocycles. The third-order valence-electron chi connectivity index (χ3n) is 5.80. The van der Waals surface area contributed by atoms with Crippen LogP contribution in [-0.4, -0.2) is 83.1 Å². The smallest absolute Gasteiger partial charge is 0.286 e. The van der Waals surface area contributed by atoms with E-state index in [1.165, 1.54) is 19.2 Å². The van der Waals surface area contributed by atoms with Gasteiger partial charge in [-0.2, -0.15) is 15.0 Å². The van der Waals surface area contributed by atoms with Crippen LogP contribution in [0.15, 0.2) is 18.2 Å². The Kier molecular flexibility index (Phi) is 7.32. The van der Waals surface area contributed by atoms with Crippen LogP contribution in [0.1, 0.15) is 12.8 Å². The van der Waals surface area contributed by atoms with Gasteiger partial charge in [0, 0.05) is 31.4 Å². The fraction of sp³-hybridized carbons (Fsp3) is 0.476. The number of benzene rings is 1. The van der Waals surface area contributed by atoms with Gasteiger partial charge in [0.1, 0.15) is 5.25 Å². The van der Waals surface area contributed by atoms with E-state index in [1.807, 2.05) is 11.9 Å². The topological polar surface area (TPSA) is 125 Å². The first-order valence-corrected chi connectivity index (χ1v) is 11.7. The largest absolute Gasteiger partial charge is 0.494 e. The summed E-state index contributed by atoms with van der Waals surface area (Å²) < 4.78 is 19.1. The monoisotopic (exact) mass is 490 g/mol. The van der Waals surface area contributed by atoms with Crippen LogP contribution in [0.3, 0.4) is 0 Å². The number of carbonyl (C=O) groups is 2. The Morgan fingerprint density at radius 2 is 1.97 bits per heavy atom. The normalized spacial score (nSPS) is 19.1. The van der Waals surface area contributed by atoms with E-state index in [0.717, 1.165) is 37.7 Å². The first-order chi connectivity index (χ1) is 16.3. The molecule has 0 saturated carbocycles. The van der Waals surface area contributed by atoms with Gasteiger partial charge in [0.05, 0.1) is 7.11 Å². The summed E-state index contributed by atoms with van der Waals surface area (Å²) in [7, 11) is 5.43. The molecule has 34 heavy (non-hydrogen) atoms. The van der Waals surface area contributed by atoms with Gasteiger partial charge in [-0.3, -0.25) is 14.9 Å². The van der Waals surface area contributed by atoms with E-state index >= 15 is 0 Å². The van der Waals surface area contributed by atoms with Crippen molar-refractivity contribution < 1.29 is 18.7 Å². The summed E-state index contributed by atoms with van der Waals surface area (Å²) in [5.74, 6) is 0.173. The number of methoxy groups -OCH3 is 1. The predicted molar refractivity (Wildman–Crippen MR) is 128 cm³/mol. The number of nitrogens with zero attached hydrogens (tertiary/aromatic N) is 5. The third kappa shape index (κ3) is 5.65. The van der Waals surface area contributed by atoms with E-state index in [-0.39, 0.29) is 41.4 Å². The Hall–Kier alpha value is -3.19. The molecule has 2 saturated heterocycles. The molecule has 1 aromatic carbocycles. The molecule has 4 rings (SSSR count). The number of hydrogen-bond acceptors (Lipinski definition) is 11. The minimum atomic E-state index is -0.577. The number of halogens is 1. The highest BCUT2D eigenvalue weighted by atomic mass is 32.2. The van der Waals surface area contributed by atoms with Crippen molar-refractivity contribution >= 4 is 46.4 Å². The first kappa shape index (κ1) is 24.0. The Morgan fingerprint density at radius 3 is 2.62 bits per heavy atom. The number of imide groups is 1. The molecular weight excluding hydrogens is 463 g/mol. The highest BCUT2D eigenvalue weighted by Gasteiger charge is 2.31. The number of amides is 2. The number of hydrogen-bond donors (Lipinski definition) is 3. The maximum atomic E-state index is 14.2. The molecule has 2 amide bonds. The number of rotatable bonds is 8. The summed E-state index contributed by atoms with van der Waals surface area (Å²) in [6, 6.07) is 4.72. The molecular formula is C21H27FN8O3S. The molecule has 3 N–H and O–H groups in total. The summed E-state index contributed by atoms with van der Waals surface area (Å²) in [4.78, 5) is 41.1. The highest BCUT2D eigenvalue weighted by Crippen LogP contribution is 2.25. The van der Waals surface area contributed by atoms with Gasteiger partial charge in [0.2, 0.25) is 23.8 Å². The van der Waals surface area contributed by atoms with Crippen molar-refractivity contribution in [3.8, 4) is 5.75 Å². The Bertz CT molecular complexity index is 1070. The molecule has 1 aromatic heterocycles. The molecule has 0 bridgehead atoms. The van der Waals surface area contributed by atoms with Gasteiger partial charge >= 0.3 is 0 Å². The van der Waals surface area contributed by atoms with Crippen LogP contribution in [-0.2, 0) is 4.79 Å². The molecule has 2 aliphatic rings. The summed E-state index contributed by atoms with van der Waals surface area (Å²) >= 11 is 0.921. The number of ether oxygens (including phenoxy) is 1. The predicted octanol–water partition coefficient (Wildman–Crippen LogP) is 2.06. The van der Waals surface area contributed by atoms with Crippen LogP contribution >= 0.6 is 11.8 Å². The van der Waals surface area contributed by atoms with E-state index in [1.54, 1.807) is 6.07 Å². The maximum absolute atomic E-state index is 14.2. The molecule has 2 aromatic rings. The van der Waals surface area contributed by atoms with E-state index in [9.17, 15) is 14.0 Å². The van der Waals surface area contributed by atoms with Crippen molar-refractivity contribution in [1.29, 1.82) is 0 Å². The van der Waals surface area contributed by atoms with E-state index in [2.05, 4.69) is 42.8 Å². The lowest BCUT2D eigenvalue weighted by Crippen LogP contribution is -2.42. The maximum Gasteiger partial charge on any atom is 0.286 e. The molecule has 0 spiro atoms. The number of carbonyl (C=O) groups excluding carboxylic acids is 2. The van der Waals surface area contributed by atoms with Crippen LogP contribution in [0.2, 0.25) is 0 Å². The molecule has 2 fully saturated rings. The quantitative estimate of drug-likeness (QED) is 0.503. The van der Waals surface area contributed by atoms with E-state index < -0.39 is 11.1 Å². The average Bonchev–Trinajstić information content (AvgIpc) is 3.14. The Labute approximate surface area is 200 Å². The summed E-state index contributed by atoms with van der Waals surface area (Å²) in [5, 5.41) is 7.35. The van der Waals surface area contributed by atoms with Crippen molar-refractivity contribution in [3.63, 3.8) is 0 Å². The van der Waals surface area contributed by atoms with Gasteiger partial charge in [0.25, 0.3) is 5.24 Å². The van der Waals surface area contributed by atoms with Gasteiger partial charge in [-0.1, -0.05) is 0 Å². The van der Waals surface area contributed by atoms with Crippen LogP contribution < -0.4 is 25.6 Å². The van der Waals surface area contributed by atoms with Crippen molar-refractivity contribution in [1.82, 2.24) is 25.2 Å². The lowest BCUT2D eigenvalue weighted by Gasteiger charge is -2.35. The molecule has 3 heterocycles. The second-order valence-corrected chi connectivity index (χ2v) is 9.34. The number of aromatic nitrogens is 3. The number of thioether (sulfide) groups is 1. The number of piperidine rings is 1. The lowest BCUT2D eigenvalue weighted by molar-refractivity contribution is -0.118. The van der Waals surface area contributed by atoms with Crippen molar-refractivity contribution in [3.05, 3.63) is 24.0 Å². The van der Waals surface area contributed by atoms with Gasteiger partial charge in [-0.25, -0.2) is 4.39 Å². The average molecular weight is 491 g/mol. The zero-order valence-corrected chi connectivity index (χ0v) is 20.0. The third-order valence-corrected chi connectivity index (χ3v) is 6.78. The fourth-order valence-electron chi connectivity index (χ4n) is 3.79. The molecule has 182 valence electrons. The zero-order valence-electron chi connectivity index (χ0n) is 19.2. The molecule has 11 nitrogen and oxygen atoms in total. The van der Waals surface area contributed by atoms with Crippen LogP contribution in [0.4, 0.5) is 32.7 Å². The van der Waals surface area contributed by atoms with Crippen molar-refractivity contribution in [2.45, 2.75) is 24.1 Å². The van der Waals surface area contributed by atoms with Gasteiger partial charge in [0.15, 0.2) is 11.6 Å². The van der Waals surface area contributed by atoms with Crippen LogP contribution in [0, 0.1) is 5.82 Å². The molecule has 1 atom stereocenters. The molecule has 13 heteroatoms. The van der Waals surface area contributed by atoms with Crippen molar-refractivity contribution in [2.24, 2.45) is 0 Å². The molecule has 1 unspecified atom stereocenters. The fourth-order valence-corrected chi connectivity index (χ4v) is 4.54. The van der Waals surface area contributed by atoms with Gasteiger partial charge < -0.3 is 25.2 Å². The summed E-state index contributed by atoms with van der Waals surface area (Å²) in [5.41, 5.74) is 0.444. The van der Waals surface area contributed by atoms with Crippen LogP contribution in [0.5, 0.6) is 5.75 Å². The number of anilines is 4. The highest BCUT2D eigenvalue weighted by molar-refractivity contribution is 8.15. The summed E-state index contributed by atoms with van der Waals surface area (Å²) in [6.07, 6.45) is 1.93. The lowest BCUT2D eigenvalue weighted by atomic mass is 10.0. The molecule has 0 aliphatic carbocycles. The number of nitrogens with one attached hydrogen (secondary N) is 3.